The van der Waals surface area contributed by atoms with Gasteiger partial charge in [0.1, 0.15) is 5.82 Å². The van der Waals surface area contributed by atoms with E-state index in [1.54, 1.807) is 4.90 Å². The van der Waals surface area contributed by atoms with Gasteiger partial charge in [0.05, 0.1) is 4.90 Å². The van der Waals surface area contributed by atoms with Crippen LogP contribution in [0.4, 0.5) is 4.39 Å². The van der Waals surface area contributed by atoms with Crippen LogP contribution in [-0.2, 0) is 23.0 Å². The van der Waals surface area contributed by atoms with Crippen LogP contribution in [0.1, 0.15) is 21.7 Å². The third-order valence-electron chi connectivity index (χ3n) is 4.99. The molecule has 0 aliphatic carbocycles. The number of carbonyl (C=O) groups excluding carboxylic acids is 1. The van der Waals surface area contributed by atoms with Gasteiger partial charge in [0.2, 0.25) is 10.0 Å². The van der Waals surface area contributed by atoms with Crippen LogP contribution in [0.15, 0.2) is 29.2 Å². The molecule has 8 nitrogen and oxygen atoms in total. The van der Waals surface area contributed by atoms with Gasteiger partial charge in [-0.25, -0.2) is 12.8 Å². The monoisotopic (exact) mass is 429 g/mol. The van der Waals surface area contributed by atoms with Gasteiger partial charge >= 0.3 is 0 Å². The highest BCUT2D eigenvalue weighted by Gasteiger charge is 2.32. The zero-order valence-electron chi connectivity index (χ0n) is 15.0. The number of halogens is 2. The first kappa shape index (κ1) is 20.7. The summed E-state index contributed by atoms with van der Waals surface area (Å²) >= 11 is 0. The molecule has 2 aromatic rings. The lowest BCUT2D eigenvalue weighted by atomic mass is 10.1. The number of fused-ring (bicyclic) bond motifs is 1. The highest BCUT2D eigenvalue weighted by molar-refractivity contribution is 7.89. The van der Waals surface area contributed by atoms with Crippen molar-refractivity contribution in [2.24, 2.45) is 0 Å². The van der Waals surface area contributed by atoms with E-state index in [0.717, 1.165) is 36.4 Å². The number of hydrogen-bond acceptors (Lipinski definition) is 5. The van der Waals surface area contributed by atoms with Gasteiger partial charge in [-0.1, -0.05) is 0 Å². The largest absolute Gasteiger partial charge is 0.335 e. The highest BCUT2D eigenvalue weighted by Crippen LogP contribution is 2.21. The Labute approximate surface area is 168 Å². The number of sulfonamides is 1. The number of piperazine rings is 1. The van der Waals surface area contributed by atoms with Crippen LogP contribution in [-0.4, -0.2) is 66.5 Å². The molecular formula is C17H21ClFN5O3S. The molecule has 4 rings (SSSR count). The first-order valence-corrected chi connectivity index (χ1v) is 10.2. The fraction of sp³-hybridized carbons (Fsp3) is 0.412. The minimum Gasteiger partial charge on any atom is -0.335 e. The third-order valence-corrected chi connectivity index (χ3v) is 6.90. The number of aromatic nitrogens is 2. The van der Waals surface area contributed by atoms with Crippen molar-refractivity contribution < 1.29 is 17.6 Å². The maximum atomic E-state index is 13.0. The lowest BCUT2D eigenvalue weighted by molar-refractivity contribution is 0.0690. The normalized spacial score (nSPS) is 17.7. The molecule has 1 aromatic carbocycles. The molecule has 3 heterocycles. The third kappa shape index (κ3) is 3.77. The van der Waals surface area contributed by atoms with E-state index in [0.29, 0.717) is 12.2 Å². The predicted molar refractivity (Wildman–Crippen MR) is 102 cm³/mol. The van der Waals surface area contributed by atoms with Crippen molar-refractivity contribution in [3.8, 4) is 0 Å². The second-order valence-corrected chi connectivity index (χ2v) is 8.54. The summed E-state index contributed by atoms with van der Waals surface area (Å²) in [5.41, 5.74) is 2.29. The zero-order chi connectivity index (χ0) is 19.0. The summed E-state index contributed by atoms with van der Waals surface area (Å²) < 4.78 is 39.7. The van der Waals surface area contributed by atoms with E-state index >= 15 is 0 Å². The van der Waals surface area contributed by atoms with Crippen molar-refractivity contribution in [2.75, 3.05) is 32.7 Å². The molecule has 0 radical (unpaired) electrons. The number of rotatable bonds is 3. The molecule has 11 heteroatoms. The number of hydrogen-bond donors (Lipinski definition) is 2. The van der Waals surface area contributed by atoms with E-state index < -0.39 is 15.8 Å². The molecule has 1 fully saturated rings. The summed E-state index contributed by atoms with van der Waals surface area (Å²) in [5, 5.41) is 10.3. The molecule has 0 spiro atoms. The number of aromatic amines is 1. The van der Waals surface area contributed by atoms with Gasteiger partial charge < -0.3 is 10.2 Å². The number of carbonyl (C=O) groups is 1. The topological polar surface area (TPSA) is 98.4 Å². The smallest absolute Gasteiger partial charge is 0.274 e. The summed E-state index contributed by atoms with van der Waals surface area (Å²) in [6.45, 7) is 2.41. The molecule has 2 aliphatic heterocycles. The molecule has 2 aliphatic rings. The summed E-state index contributed by atoms with van der Waals surface area (Å²) in [7, 11) is -3.70. The number of nitrogens with one attached hydrogen (secondary N) is 2. The van der Waals surface area contributed by atoms with Crippen LogP contribution < -0.4 is 5.32 Å². The van der Waals surface area contributed by atoms with Gasteiger partial charge in [-0.3, -0.25) is 9.89 Å². The molecule has 1 saturated heterocycles. The zero-order valence-corrected chi connectivity index (χ0v) is 16.7. The van der Waals surface area contributed by atoms with Crippen LogP contribution >= 0.6 is 12.4 Å². The lowest BCUT2D eigenvalue weighted by Gasteiger charge is -2.33. The number of nitrogens with zero attached hydrogens (tertiary/aromatic N) is 3. The molecular weight excluding hydrogens is 409 g/mol. The Morgan fingerprint density at radius 2 is 1.79 bits per heavy atom. The van der Waals surface area contributed by atoms with Gasteiger partial charge in [-0.2, -0.15) is 9.40 Å². The van der Waals surface area contributed by atoms with E-state index in [2.05, 4.69) is 15.5 Å². The maximum Gasteiger partial charge on any atom is 0.274 e. The van der Waals surface area contributed by atoms with Crippen LogP contribution in [0.25, 0.3) is 0 Å². The van der Waals surface area contributed by atoms with E-state index in [9.17, 15) is 17.6 Å². The van der Waals surface area contributed by atoms with Crippen molar-refractivity contribution in [2.45, 2.75) is 17.9 Å². The van der Waals surface area contributed by atoms with E-state index in [4.69, 9.17) is 0 Å². The minimum atomic E-state index is -3.70. The molecule has 152 valence electrons. The van der Waals surface area contributed by atoms with Gasteiger partial charge in [0, 0.05) is 56.9 Å². The van der Waals surface area contributed by atoms with E-state index in [1.165, 1.54) is 16.4 Å². The fourth-order valence-corrected chi connectivity index (χ4v) is 4.86. The maximum absolute atomic E-state index is 13.0. The summed E-state index contributed by atoms with van der Waals surface area (Å²) in [6.07, 6.45) is 0.805. The molecule has 0 unspecified atom stereocenters. The van der Waals surface area contributed by atoms with Crippen molar-refractivity contribution in [3.05, 3.63) is 47.0 Å². The molecule has 28 heavy (non-hydrogen) atoms. The second-order valence-electron chi connectivity index (χ2n) is 6.61. The lowest BCUT2D eigenvalue weighted by Crippen LogP contribution is -2.50. The van der Waals surface area contributed by atoms with Crippen molar-refractivity contribution in [1.29, 1.82) is 0 Å². The van der Waals surface area contributed by atoms with Crippen molar-refractivity contribution >= 4 is 28.3 Å². The summed E-state index contributed by atoms with van der Waals surface area (Å²) in [5.74, 6) is -0.670. The standard InChI is InChI=1S/C17H20FN5O3S.ClH/c18-12-1-3-13(4-2-12)27(25,26)23-9-7-22(8-10-23)17(24)16-14-11-19-6-5-15(14)20-21-16;/h1-4,19H,5-11H2,(H,20,21);1H. The molecule has 2 N–H and O–H groups in total. The SMILES string of the molecule is Cl.O=C(c1n[nH]c2c1CNCC2)N1CCN(S(=O)(=O)c2ccc(F)cc2)CC1. The van der Waals surface area contributed by atoms with Gasteiger partial charge in [0.25, 0.3) is 5.91 Å². The van der Waals surface area contributed by atoms with Crippen LogP contribution in [0.2, 0.25) is 0 Å². The first-order valence-electron chi connectivity index (χ1n) is 8.78. The Morgan fingerprint density at radius 1 is 1.11 bits per heavy atom. The fourth-order valence-electron chi connectivity index (χ4n) is 3.44. The second kappa shape index (κ2) is 8.16. The van der Waals surface area contributed by atoms with Crippen molar-refractivity contribution in [3.63, 3.8) is 0 Å². The number of benzene rings is 1. The van der Waals surface area contributed by atoms with Crippen molar-refractivity contribution in [1.82, 2.24) is 24.7 Å². The molecule has 0 atom stereocenters. The van der Waals surface area contributed by atoms with E-state index in [-0.39, 0.29) is 49.4 Å². The Balaban J connectivity index is 0.00000225. The predicted octanol–water partition coefficient (Wildman–Crippen LogP) is 0.763. The molecule has 0 saturated carbocycles. The number of amides is 1. The van der Waals surface area contributed by atoms with E-state index in [1.807, 2.05) is 0 Å². The first-order chi connectivity index (χ1) is 13.0. The van der Waals surface area contributed by atoms with Gasteiger partial charge in [-0.05, 0) is 24.3 Å². The van der Waals surface area contributed by atoms with Crippen LogP contribution in [0.5, 0.6) is 0 Å². The average molecular weight is 430 g/mol. The highest BCUT2D eigenvalue weighted by atomic mass is 35.5. The Bertz CT molecular complexity index is 956. The average Bonchev–Trinajstić information content (AvgIpc) is 3.12. The minimum absolute atomic E-state index is 0. The molecule has 1 amide bonds. The number of H-pyrrole nitrogens is 1. The Hall–Kier alpha value is -2.01. The Morgan fingerprint density at radius 3 is 2.46 bits per heavy atom. The van der Waals surface area contributed by atoms with Gasteiger partial charge in [0.15, 0.2) is 5.69 Å². The molecule has 1 aromatic heterocycles. The quantitative estimate of drug-likeness (QED) is 0.750. The summed E-state index contributed by atoms with van der Waals surface area (Å²) in [6, 6.07) is 4.76. The summed E-state index contributed by atoms with van der Waals surface area (Å²) in [4.78, 5) is 14.5. The Kier molecular flexibility index (Phi) is 6.04. The van der Waals surface area contributed by atoms with Crippen LogP contribution in [0, 0.1) is 5.82 Å². The van der Waals surface area contributed by atoms with Gasteiger partial charge in [-0.15, -0.1) is 12.4 Å². The van der Waals surface area contributed by atoms with Crippen LogP contribution in [0.3, 0.4) is 0 Å². The molecule has 0 bridgehead atoms.